The summed E-state index contributed by atoms with van der Waals surface area (Å²) < 4.78 is 46.6. The SMILES string of the molecule is CC(C)CNC(=O)c1cc2cc(C3(O)CCN(Cc4ccc(OC(F)(F)F)cc4)CC3)ccc2o1. The van der Waals surface area contributed by atoms with Gasteiger partial charge in [0.05, 0.1) is 5.60 Å². The van der Waals surface area contributed by atoms with Crippen LogP contribution in [0.4, 0.5) is 13.2 Å². The number of nitrogens with zero attached hydrogens (tertiary/aromatic N) is 1. The number of likely N-dealkylation sites (tertiary alicyclic amines) is 1. The van der Waals surface area contributed by atoms with Crippen LogP contribution in [0.5, 0.6) is 5.75 Å². The Hall–Kier alpha value is -3.04. The third-order valence-electron chi connectivity index (χ3n) is 6.19. The molecule has 0 bridgehead atoms. The summed E-state index contributed by atoms with van der Waals surface area (Å²) in [6, 6.07) is 13.0. The van der Waals surface area contributed by atoms with E-state index >= 15 is 0 Å². The highest BCUT2D eigenvalue weighted by molar-refractivity contribution is 5.96. The Morgan fingerprint density at radius 1 is 1.14 bits per heavy atom. The molecule has 188 valence electrons. The average molecular weight is 491 g/mol. The number of rotatable bonds is 7. The van der Waals surface area contributed by atoms with Gasteiger partial charge in [0.1, 0.15) is 11.3 Å². The zero-order valence-corrected chi connectivity index (χ0v) is 19.7. The Balaban J connectivity index is 1.37. The maximum absolute atomic E-state index is 12.3. The summed E-state index contributed by atoms with van der Waals surface area (Å²) in [6.07, 6.45) is -3.69. The van der Waals surface area contributed by atoms with Crippen LogP contribution in [0.1, 0.15) is 48.4 Å². The highest BCUT2D eigenvalue weighted by Gasteiger charge is 2.34. The van der Waals surface area contributed by atoms with Crippen LogP contribution in [-0.2, 0) is 12.1 Å². The van der Waals surface area contributed by atoms with Crippen LogP contribution in [-0.4, -0.2) is 41.9 Å². The van der Waals surface area contributed by atoms with E-state index in [2.05, 4.69) is 15.0 Å². The first-order chi connectivity index (χ1) is 16.5. The van der Waals surface area contributed by atoms with Gasteiger partial charge in [-0.3, -0.25) is 9.69 Å². The van der Waals surface area contributed by atoms with Crippen molar-refractivity contribution in [1.82, 2.24) is 10.2 Å². The Morgan fingerprint density at radius 3 is 2.46 bits per heavy atom. The Bertz CT molecular complexity index is 1160. The van der Waals surface area contributed by atoms with Crippen molar-refractivity contribution in [2.24, 2.45) is 5.92 Å². The maximum Gasteiger partial charge on any atom is 0.573 e. The van der Waals surface area contributed by atoms with Gasteiger partial charge in [0, 0.05) is 31.6 Å². The first-order valence-electron chi connectivity index (χ1n) is 11.6. The number of ether oxygens (including phenoxy) is 1. The molecule has 0 saturated carbocycles. The second-order valence-corrected chi connectivity index (χ2v) is 9.47. The van der Waals surface area contributed by atoms with Crippen molar-refractivity contribution >= 4 is 16.9 Å². The molecule has 35 heavy (non-hydrogen) atoms. The number of carbonyl (C=O) groups is 1. The fourth-order valence-corrected chi connectivity index (χ4v) is 4.25. The van der Waals surface area contributed by atoms with E-state index < -0.39 is 12.0 Å². The molecule has 1 aromatic heterocycles. The van der Waals surface area contributed by atoms with Gasteiger partial charge in [-0.1, -0.05) is 32.0 Å². The molecule has 9 heteroatoms. The van der Waals surface area contributed by atoms with Crippen molar-refractivity contribution in [3.8, 4) is 5.75 Å². The van der Waals surface area contributed by atoms with E-state index in [4.69, 9.17) is 4.42 Å². The van der Waals surface area contributed by atoms with Gasteiger partial charge in [-0.05, 0) is 60.2 Å². The quantitative estimate of drug-likeness (QED) is 0.476. The second kappa shape index (κ2) is 9.91. The number of aliphatic hydroxyl groups is 1. The number of carbonyl (C=O) groups excluding carboxylic acids is 1. The van der Waals surface area contributed by atoms with Gasteiger partial charge in [-0.2, -0.15) is 0 Å². The molecule has 1 aliphatic rings. The van der Waals surface area contributed by atoms with Crippen molar-refractivity contribution in [3.63, 3.8) is 0 Å². The van der Waals surface area contributed by atoms with Crippen LogP contribution in [0.15, 0.2) is 52.9 Å². The number of furan rings is 1. The number of fused-ring (bicyclic) bond motifs is 1. The molecule has 0 atom stereocenters. The summed E-state index contributed by atoms with van der Waals surface area (Å²) in [7, 11) is 0. The molecule has 4 rings (SSSR count). The van der Waals surface area contributed by atoms with Crippen LogP contribution in [0.2, 0.25) is 0 Å². The van der Waals surface area contributed by atoms with E-state index in [1.165, 1.54) is 12.1 Å². The van der Waals surface area contributed by atoms with Gasteiger partial charge in [0.25, 0.3) is 5.91 Å². The smallest absolute Gasteiger partial charge is 0.451 e. The summed E-state index contributed by atoms with van der Waals surface area (Å²) in [4.78, 5) is 14.5. The first kappa shape index (κ1) is 25.1. The Kier molecular flexibility index (Phi) is 7.10. The molecule has 2 heterocycles. The van der Waals surface area contributed by atoms with Gasteiger partial charge in [-0.25, -0.2) is 0 Å². The highest BCUT2D eigenvalue weighted by atomic mass is 19.4. The molecule has 6 nitrogen and oxygen atoms in total. The molecule has 2 N–H and O–H groups in total. The maximum atomic E-state index is 12.3. The summed E-state index contributed by atoms with van der Waals surface area (Å²) in [5.41, 5.74) is 1.22. The molecule has 2 aromatic carbocycles. The van der Waals surface area contributed by atoms with Crippen LogP contribution in [0, 0.1) is 5.92 Å². The molecule has 0 spiro atoms. The largest absolute Gasteiger partial charge is 0.573 e. The molecule has 3 aromatic rings. The van der Waals surface area contributed by atoms with E-state index in [1.54, 1.807) is 24.3 Å². The number of piperidine rings is 1. The zero-order valence-electron chi connectivity index (χ0n) is 19.7. The van der Waals surface area contributed by atoms with E-state index in [9.17, 15) is 23.1 Å². The lowest BCUT2D eigenvalue weighted by molar-refractivity contribution is -0.274. The average Bonchev–Trinajstić information content (AvgIpc) is 3.23. The summed E-state index contributed by atoms with van der Waals surface area (Å²) >= 11 is 0. The zero-order chi connectivity index (χ0) is 25.2. The molecular formula is C26H29F3N2O4. The number of nitrogens with one attached hydrogen (secondary N) is 1. The van der Waals surface area contributed by atoms with Crippen molar-refractivity contribution < 1.29 is 32.2 Å². The minimum absolute atomic E-state index is 0.242. The van der Waals surface area contributed by atoms with E-state index in [-0.39, 0.29) is 17.4 Å². The van der Waals surface area contributed by atoms with Gasteiger partial charge in [0.2, 0.25) is 0 Å². The lowest BCUT2D eigenvalue weighted by atomic mass is 9.84. The minimum atomic E-state index is -4.71. The van der Waals surface area contributed by atoms with Crippen molar-refractivity contribution in [2.45, 2.75) is 45.2 Å². The summed E-state index contributed by atoms with van der Waals surface area (Å²) in [6.45, 7) is 6.41. The molecule has 1 aliphatic heterocycles. The lowest BCUT2D eigenvalue weighted by Gasteiger charge is -2.38. The number of alkyl halides is 3. The Labute approximate surface area is 201 Å². The fraction of sp³-hybridized carbons (Fsp3) is 0.423. The molecule has 0 unspecified atom stereocenters. The molecule has 0 radical (unpaired) electrons. The Morgan fingerprint density at radius 2 is 1.83 bits per heavy atom. The fourth-order valence-electron chi connectivity index (χ4n) is 4.25. The lowest BCUT2D eigenvalue weighted by Crippen LogP contribution is -2.42. The third kappa shape index (κ3) is 6.35. The van der Waals surface area contributed by atoms with Crippen molar-refractivity contribution in [1.29, 1.82) is 0 Å². The van der Waals surface area contributed by atoms with Crippen LogP contribution >= 0.6 is 0 Å². The van der Waals surface area contributed by atoms with Crippen LogP contribution < -0.4 is 10.1 Å². The monoisotopic (exact) mass is 490 g/mol. The summed E-state index contributed by atoms with van der Waals surface area (Å²) in [5.74, 6) is 0.0648. The standard InChI is InChI=1S/C26H29F3N2O4/c1-17(2)15-30-24(32)23-14-19-13-20(5-8-22(19)34-23)25(33)9-11-31(12-10-25)16-18-3-6-21(7-4-18)35-26(27,28)29/h3-8,13-14,17,33H,9-12,15-16H2,1-2H3,(H,30,32). The summed E-state index contributed by atoms with van der Waals surface area (Å²) in [5, 5.41) is 14.9. The number of amides is 1. The predicted octanol–water partition coefficient (Wildman–Crippen LogP) is 5.20. The third-order valence-corrected chi connectivity index (χ3v) is 6.19. The molecule has 1 saturated heterocycles. The van der Waals surface area contributed by atoms with Gasteiger partial charge in [0.15, 0.2) is 5.76 Å². The normalized spacial score (nSPS) is 16.5. The van der Waals surface area contributed by atoms with Crippen molar-refractivity contribution in [3.05, 3.63) is 65.4 Å². The van der Waals surface area contributed by atoms with E-state index in [1.807, 2.05) is 26.0 Å². The number of halogens is 3. The molecular weight excluding hydrogens is 461 g/mol. The van der Waals surface area contributed by atoms with E-state index in [0.29, 0.717) is 50.5 Å². The second-order valence-electron chi connectivity index (χ2n) is 9.47. The van der Waals surface area contributed by atoms with Crippen molar-refractivity contribution in [2.75, 3.05) is 19.6 Å². The number of benzene rings is 2. The van der Waals surface area contributed by atoms with Gasteiger partial charge < -0.3 is 19.6 Å². The topological polar surface area (TPSA) is 74.9 Å². The highest BCUT2D eigenvalue weighted by Crippen LogP contribution is 2.35. The minimum Gasteiger partial charge on any atom is -0.451 e. The predicted molar refractivity (Wildman–Crippen MR) is 125 cm³/mol. The van der Waals surface area contributed by atoms with Crippen LogP contribution in [0.25, 0.3) is 11.0 Å². The first-order valence-corrected chi connectivity index (χ1v) is 11.6. The van der Waals surface area contributed by atoms with Crippen LogP contribution in [0.3, 0.4) is 0 Å². The molecule has 0 aliphatic carbocycles. The molecule has 1 amide bonds. The van der Waals surface area contributed by atoms with Gasteiger partial charge in [-0.15, -0.1) is 13.2 Å². The van der Waals surface area contributed by atoms with E-state index in [0.717, 1.165) is 16.5 Å². The number of hydrogen-bond acceptors (Lipinski definition) is 5. The van der Waals surface area contributed by atoms with Gasteiger partial charge >= 0.3 is 6.36 Å². The number of hydrogen-bond donors (Lipinski definition) is 2. The molecule has 1 fully saturated rings.